The van der Waals surface area contributed by atoms with Crippen LogP contribution < -0.4 is 20.1 Å². The Morgan fingerprint density at radius 2 is 1.92 bits per heavy atom. The number of anilines is 1. The summed E-state index contributed by atoms with van der Waals surface area (Å²) in [6.07, 6.45) is 7.75. The van der Waals surface area contributed by atoms with E-state index in [1.54, 1.807) is 18.5 Å². The van der Waals surface area contributed by atoms with Crippen molar-refractivity contribution in [2.24, 2.45) is 0 Å². The van der Waals surface area contributed by atoms with Crippen molar-refractivity contribution in [2.75, 3.05) is 25.1 Å². The first-order chi connectivity index (χ1) is 12.8. The molecule has 1 fully saturated rings. The van der Waals surface area contributed by atoms with Crippen LogP contribution in [-0.4, -0.2) is 30.8 Å². The number of nitrogens with zero attached hydrogens (tertiary/aromatic N) is 1. The summed E-state index contributed by atoms with van der Waals surface area (Å²) < 4.78 is 11.4. The summed E-state index contributed by atoms with van der Waals surface area (Å²) in [5.74, 6) is 1.61. The molecule has 2 N–H and O–H groups in total. The molecule has 26 heavy (non-hydrogen) atoms. The van der Waals surface area contributed by atoms with Crippen LogP contribution in [0.25, 0.3) is 0 Å². The topological polar surface area (TPSA) is 72.5 Å². The Morgan fingerprint density at radius 1 is 1.12 bits per heavy atom. The van der Waals surface area contributed by atoms with Gasteiger partial charge in [-0.3, -0.25) is 4.98 Å². The van der Waals surface area contributed by atoms with Crippen molar-refractivity contribution in [2.45, 2.75) is 31.1 Å². The van der Waals surface area contributed by atoms with Crippen LogP contribution in [0.2, 0.25) is 0 Å². The third-order valence-corrected chi connectivity index (χ3v) is 5.22. The molecule has 6 nitrogen and oxygen atoms in total. The molecule has 6 heteroatoms. The molecule has 136 valence electrons. The maximum absolute atomic E-state index is 12.3. The molecule has 1 saturated carbocycles. The van der Waals surface area contributed by atoms with Crippen LogP contribution in [0.1, 0.15) is 31.2 Å². The van der Waals surface area contributed by atoms with Crippen LogP contribution >= 0.6 is 0 Å². The van der Waals surface area contributed by atoms with Gasteiger partial charge in [0, 0.05) is 18.2 Å². The number of rotatable bonds is 4. The average molecular weight is 353 g/mol. The Hall–Kier alpha value is -2.76. The Kier molecular flexibility index (Phi) is 4.65. The summed E-state index contributed by atoms with van der Waals surface area (Å²) in [6, 6.07) is 9.59. The fourth-order valence-electron chi connectivity index (χ4n) is 3.85. The van der Waals surface area contributed by atoms with Gasteiger partial charge in [0.15, 0.2) is 11.5 Å². The summed E-state index contributed by atoms with van der Waals surface area (Å²) in [5.41, 5.74) is 1.84. The number of aromatic nitrogens is 1. The van der Waals surface area contributed by atoms with Crippen molar-refractivity contribution in [1.82, 2.24) is 10.3 Å². The zero-order valence-corrected chi connectivity index (χ0v) is 14.7. The van der Waals surface area contributed by atoms with Gasteiger partial charge in [-0.2, -0.15) is 0 Å². The van der Waals surface area contributed by atoms with Crippen molar-refractivity contribution in [3.63, 3.8) is 0 Å². The minimum Gasteiger partial charge on any atom is -0.486 e. The Balaban J connectivity index is 1.47. The highest BCUT2D eigenvalue weighted by molar-refractivity contribution is 5.89. The molecule has 0 bridgehead atoms. The van der Waals surface area contributed by atoms with Gasteiger partial charge in [0.2, 0.25) is 0 Å². The molecular weight excluding hydrogens is 330 g/mol. The van der Waals surface area contributed by atoms with E-state index in [1.807, 2.05) is 12.1 Å². The van der Waals surface area contributed by atoms with Crippen LogP contribution in [-0.2, 0) is 5.41 Å². The first-order valence-electron chi connectivity index (χ1n) is 9.10. The molecule has 2 amide bonds. The summed E-state index contributed by atoms with van der Waals surface area (Å²) in [7, 11) is 0. The standard InChI is InChI=1S/C20H23N3O3/c24-19(23-16-4-3-9-21-13-16)22-14-20(7-1-2-8-20)15-5-6-17-18(12-15)26-11-10-25-17/h3-6,9,12-13H,1-2,7-8,10-11,14H2,(H2,22,23,24). The number of benzene rings is 1. The largest absolute Gasteiger partial charge is 0.486 e. The summed E-state index contributed by atoms with van der Waals surface area (Å²) in [4.78, 5) is 16.3. The maximum atomic E-state index is 12.3. The lowest BCUT2D eigenvalue weighted by Crippen LogP contribution is -2.41. The molecule has 1 aromatic carbocycles. The number of carbonyl (C=O) groups excluding carboxylic acids is 1. The highest BCUT2D eigenvalue weighted by Crippen LogP contribution is 2.43. The summed E-state index contributed by atoms with van der Waals surface area (Å²) in [6.45, 7) is 1.77. The Morgan fingerprint density at radius 3 is 2.69 bits per heavy atom. The lowest BCUT2D eigenvalue weighted by Gasteiger charge is -2.31. The number of hydrogen-bond donors (Lipinski definition) is 2. The van der Waals surface area contributed by atoms with Crippen LogP contribution in [0.3, 0.4) is 0 Å². The lowest BCUT2D eigenvalue weighted by atomic mass is 9.78. The molecule has 1 aromatic heterocycles. The molecule has 0 unspecified atom stereocenters. The second-order valence-electron chi connectivity index (χ2n) is 6.90. The van der Waals surface area contributed by atoms with Gasteiger partial charge in [-0.25, -0.2) is 4.79 Å². The van der Waals surface area contributed by atoms with Gasteiger partial charge < -0.3 is 20.1 Å². The second kappa shape index (κ2) is 7.23. The van der Waals surface area contributed by atoms with Gasteiger partial charge in [-0.05, 0) is 42.7 Å². The predicted octanol–water partition coefficient (Wildman–Crippen LogP) is 3.49. The normalized spacial score (nSPS) is 17.5. The molecule has 1 aliphatic heterocycles. The fourth-order valence-corrected chi connectivity index (χ4v) is 3.85. The highest BCUT2D eigenvalue weighted by Gasteiger charge is 2.36. The fraction of sp³-hybridized carbons (Fsp3) is 0.400. The first-order valence-corrected chi connectivity index (χ1v) is 9.10. The number of carbonyl (C=O) groups is 1. The maximum Gasteiger partial charge on any atom is 0.319 e. The number of hydrogen-bond acceptors (Lipinski definition) is 4. The summed E-state index contributed by atoms with van der Waals surface area (Å²) in [5, 5.41) is 5.87. The predicted molar refractivity (Wildman–Crippen MR) is 98.8 cm³/mol. The van der Waals surface area contributed by atoms with Gasteiger partial charge >= 0.3 is 6.03 Å². The van der Waals surface area contributed by atoms with Crippen molar-refractivity contribution >= 4 is 11.7 Å². The van der Waals surface area contributed by atoms with Gasteiger partial charge in [0.05, 0.1) is 11.9 Å². The zero-order chi connectivity index (χ0) is 17.8. The molecule has 2 aromatic rings. The van der Waals surface area contributed by atoms with E-state index in [9.17, 15) is 4.79 Å². The van der Waals surface area contributed by atoms with Crippen molar-refractivity contribution in [1.29, 1.82) is 0 Å². The van der Waals surface area contributed by atoms with Crippen LogP contribution in [0.15, 0.2) is 42.7 Å². The van der Waals surface area contributed by atoms with E-state index in [0.29, 0.717) is 25.4 Å². The van der Waals surface area contributed by atoms with E-state index in [0.717, 1.165) is 24.3 Å². The molecule has 4 rings (SSSR count). The minimum atomic E-state index is -0.207. The molecule has 0 spiro atoms. The number of fused-ring (bicyclic) bond motifs is 1. The van der Waals surface area contributed by atoms with E-state index >= 15 is 0 Å². The van der Waals surface area contributed by atoms with E-state index in [1.165, 1.54) is 18.4 Å². The quantitative estimate of drug-likeness (QED) is 0.883. The smallest absolute Gasteiger partial charge is 0.319 e. The van der Waals surface area contributed by atoms with E-state index in [2.05, 4.69) is 27.8 Å². The number of pyridine rings is 1. The van der Waals surface area contributed by atoms with Gasteiger partial charge in [-0.1, -0.05) is 18.9 Å². The van der Waals surface area contributed by atoms with Gasteiger partial charge in [0.25, 0.3) is 0 Å². The first kappa shape index (κ1) is 16.7. The van der Waals surface area contributed by atoms with Crippen LogP contribution in [0.4, 0.5) is 10.5 Å². The minimum absolute atomic E-state index is 0.0535. The van der Waals surface area contributed by atoms with Crippen LogP contribution in [0, 0.1) is 0 Å². The monoisotopic (exact) mass is 353 g/mol. The third kappa shape index (κ3) is 3.45. The van der Waals surface area contributed by atoms with Crippen LogP contribution in [0.5, 0.6) is 11.5 Å². The Labute approximate surface area is 152 Å². The van der Waals surface area contributed by atoms with Crippen molar-refractivity contribution in [3.8, 4) is 11.5 Å². The molecule has 0 radical (unpaired) electrons. The Bertz CT molecular complexity index is 773. The molecule has 0 saturated heterocycles. The van der Waals surface area contributed by atoms with Crippen molar-refractivity contribution in [3.05, 3.63) is 48.3 Å². The highest BCUT2D eigenvalue weighted by atomic mass is 16.6. The van der Waals surface area contributed by atoms with E-state index in [-0.39, 0.29) is 11.4 Å². The summed E-state index contributed by atoms with van der Waals surface area (Å²) >= 11 is 0. The molecular formula is C20H23N3O3. The van der Waals surface area contributed by atoms with Gasteiger partial charge in [-0.15, -0.1) is 0 Å². The molecule has 0 atom stereocenters. The number of ether oxygens (including phenoxy) is 2. The lowest BCUT2D eigenvalue weighted by molar-refractivity contribution is 0.171. The van der Waals surface area contributed by atoms with Crippen molar-refractivity contribution < 1.29 is 14.3 Å². The van der Waals surface area contributed by atoms with E-state index < -0.39 is 0 Å². The molecule has 2 heterocycles. The zero-order valence-electron chi connectivity index (χ0n) is 14.7. The number of nitrogens with one attached hydrogen (secondary N) is 2. The number of amides is 2. The average Bonchev–Trinajstić information content (AvgIpc) is 3.17. The van der Waals surface area contributed by atoms with E-state index in [4.69, 9.17) is 9.47 Å². The second-order valence-corrected chi connectivity index (χ2v) is 6.90. The third-order valence-electron chi connectivity index (χ3n) is 5.22. The molecule has 2 aliphatic rings. The molecule has 1 aliphatic carbocycles. The van der Waals surface area contributed by atoms with Gasteiger partial charge in [0.1, 0.15) is 13.2 Å². The SMILES string of the molecule is O=C(NCC1(c2ccc3c(c2)OCCO3)CCCC1)Nc1cccnc1. The number of urea groups is 1.